The minimum Gasteiger partial charge on any atom is -0.120 e. The van der Waals surface area contributed by atoms with Gasteiger partial charge in [0, 0.05) is 0 Å². The first-order valence-corrected chi connectivity index (χ1v) is 3.37. The summed E-state index contributed by atoms with van der Waals surface area (Å²) in [6.45, 7) is 0.955. The van der Waals surface area contributed by atoms with Crippen LogP contribution in [0, 0.1) is 0 Å². The number of azo groups is 2. The molecule has 0 saturated carbocycles. The van der Waals surface area contributed by atoms with E-state index in [4.69, 9.17) is 0 Å². The van der Waals surface area contributed by atoms with Gasteiger partial charge in [0.25, 0.3) is 0 Å². The quantitative estimate of drug-likeness (QED) is 0.480. The minimum absolute atomic E-state index is 0.955. The van der Waals surface area contributed by atoms with Crippen LogP contribution in [0.1, 0.15) is 5.56 Å². The molecule has 2 heteroatoms. The first kappa shape index (κ1) is 5.59. The van der Waals surface area contributed by atoms with Gasteiger partial charge < -0.3 is 0 Å². The third-order valence-electron chi connectivity index (χ3n) is 1.67. The summed E-state index contributed by atoms with van der Waals surface area (Å²) in [5.41, 5.74) is 2.44. The molecule has 10 heavy (non-hydrogen) atoms. The highest BCUT2D eigenvalue weighted by Gasteiger charge is 2.15. The maximum Gasteiger partial charge on any atom is 0.196 e. The van der Waals surface area contributed by atoms with Gasteiger partial charge in [-0.1, -0.05) is 18.2 Å². The summed E-state index contributed by atoms with van der Waals surface area (Å²) in [7, 11) is 1.99. The summed E-state index contributed by atoms with van der Waals surface area (Å²) >= 11 is 0. The second-order valence-corrected chi connectivity index (χ2v) is 2.54. The zero-order valence-corrected chi connectivity index (χ0v) is 5.91. The molecule has 50 valence electrons. The molecule has 0 aromatic heterocycles. The average molecular weight is 133 g/mol. The standard InChI is InChI=1S/C8H9N2/c1-10-6-7-4-2-3-5-8(7)9-10/h2-5H,6H2,1H3/q+1. The molecule has 0 bridgehead atoms. The van der Waals surface area contributed by atoms with Gasteiger partial charge in [0.2, 0.25) is 0 Å². The van der Waals surface area contributed by atoms with Crippen LogP contribution in [0.4, 0.5) is 5.69 Å². The van der Waals surface area contributed by atoms with Crippen LogP contribution < -0.4 is 0 Å². The van der Waals surface area contributed by atoms with Crippen LogP contribution in [0.15, 0.2) is 29.4 Å². The Morgan fingerprint density at radius 2 is 2.20 bits per heavy atom. The number of hydrogen-bond donors (Lipinski definition) is 0. The molecule has 0 spiro atoms. The fourth-order valence-electron chi connectivity index (χ4n) is 1.21. The first-order chi connectivity index (χ1) is 4.86. The summed E-state index contributed by atoms with van der Waals surface area (Å²) in [5, 5.41) is 4.29. The highest BCUT2D eigenvalue weighted by molar-refractivity contribution is 5.45. The van der Waals surface area contributed by atoms with Crippen molar-refractivity contribution < 1.29 is 4.70 Å². The molecule has 1 aliphatic heterocycles. The van der Waals surface area contributed by atoms with Crippen LogP contribution in [-0.4, -0.2) is 11.7 Å². The lowest BCUT2D eigenvalue weighted by molar-refractivity contribution is -0.570. The van der Waals surface area contributed by atoms with Crippen molar-refractivity contribution in [1.29, 1.82) is 0 Å². The van der Waals surface area contributed by atoms with E-state index in [9.17, 15) is 0 Å². The van der Waals surface area contributed by atoms with Gasteiger partial charge in [-0.25, -0.2) is 0 Å². The molecule has 1 aromatic rings. The normalized spacial score (nSPS) is 14.7. The van der Waals surface area contributed by atoms with Crippen LogP contribution in [0.25, 0.3) is 0 Å². The number of benzene rings is 1. The highest BCUT2D eigenvalue weighted by Crippen LogP contribution is 2.24. The lowest BCUT2D eigenvalue weighted by Gasteiger charge is -1.85. The molecule has 0 N–H and O–H groups in total. The summed E-state index contributed by atoms with van der Waals surface area (Å²) in [6.07, 6.45) is 0. The van der Waals surface area contributed by atoms with E-state index in [0.717, 1.165) is 12.2 Å². The van der Waals surface area contributed by atoms with Gasteiger partial charge in [0.1, 0.15) is 5.69 Å². The molecular formula is C8H9N2+. The smallest absolute Gasteiger partial charge is 0.120 e. The van der Waals surface area contributed by atoms with Crippen molar-refractivity contribution in [2.24, 2.45) is 5.11 Å². The molecule has 0 radical (unpaired) electrons. The maximum absolute atomic E-state index is 4.29. The Balaban J connectivity index is 2.54. The molecule has 0 saturated heterocycles. The zero-order chi connectivity index (χ0) is 6.97. The molecule has 0 atom stereocenters. The monoisotopic (exact) mass is 133 g/mol. The van der Waals surface area contributed by atoms with E-state index >= 15 is 0 Å². The molecule has 1 heterocycles. The summed E-state index contributed by atoms with van der Waals surface area (Å²) in [6, 6.07) is 8.22. The van der Waals surface area contributed by atoms with Gasteiger partial charge in [0.15, 0.2) is 13.6 Å². The fraction of sp³-hybridized carbons (Fsp3) is 0.250. The van der Waals surface area contributed by atoms with E-state index in [-0.39, 0.29) is 0 Å². The van der Waals surface area contributed by atoms with Crippen molar-refractivity contribution in [3.63, 3.8) is 0 Å². The minimum atomic E-state index is 0.955. The van der Waals surface area contributed by atoms with E-state index in [2.05, 4.69) is 11.2 Å². The SMILES string of the molecule is C[N+]1=Nc2ccccc2C1. The third-order valence-corrected chi connectivity index (χ3v) is 1.67. The lowest BCUT2D eigenvalue weighted by Crippen LogP contribution is -1.93. The molecule has 0 amide bonds. The van der Waals surface area contributed by atoms with Crippen LogP contribution in [0.3, 0.4) is 0 Å². The Kier molecular flexibility index (Phi) is 1.07. The predicted molar refractivity (Wildman–Crippen MR) is 38.4 cm³/mol. The first-order valence-electron chi connectivity index (χ1n) is 3.37. The Hall–Kier alpha value is -1.18. The van der Waals surface area contributed by atoms with Gasteiger partial charge in [-0.15, -0.1) is 4.70 Å². The summed E-state index contributed by atoms with van der Waals surface area (Å²) < 4.78 is 1.95. The molecule has 2 rings (SSSR count). The molecule has 2 nitrogen and oxygen atoms in total. The number of rotatable bonds is 0. The number of nitrogens with zero attached hydrogens (tertiary/aromatic N) is 2. The number of hydrogen-bond acceptors (Lipinski definition) is 1. The van der Waals surface area contributed by atoms with Crippen molar-refractivity contribution >= 4 is 5.69 Å². The molecule has 1 aromatic carbocycles. The Labute approximate surface area is 59.8 Å². The maximum atomic E-state index is 4.29. The van der Waals surface area contributed by atoms with Crippen LogP contribution in [-0.2, 0) is 6.54 Å². The van der Waals surface area contributed by atoms with Gasteiger partial charge in [-0.2, -0.15) is 0 Å². The fourth-order valence-corrected chi connectivity index (χ4v) is 1.21. The predicted octanol–water partition coefficient (Wildman–Crippen LogP) is 1.93. The largest absolute Gasteiger partial charge is 0.196 e. The third kappa shape index (κ3) is 0.727. The lowest BCUT2D eigenvalue weighted by atomic mass is 10.2. The Bertz CT molecular complexity index is 289. The van der Waals surface area contributed by atoms with Crippen molar-refractivity contribution in [1.82, 2.24) is 0 Å². The second-order valence-electron chi connectivity index (χ2n) is 2.54. The highest BCUT2D eigenvalue weighted by atomic mass is 15.3. The van der Waals surface area contributed by atoms with Gasteiger partial charge in [0.05, 0.1) is 5.56 Å². The van der Waals surface area contributed by atoms with Gasteiger partial charge in [-0.05, 0) is 11.2 Å². The van der Waals surface area contributed by atoms with E-state index in [1.54, 1.807) is 0 Å². The Morgan fingerprint density at radius 1 is 1.40 bits per heavy atom. The average Bonchev–Trinajstić information content (AvgIpc) is 2.27. The van der Waals surface area contributed by atoms with Crippen LogP contribution >= 0.6 is 0 Å². The van der Waals surface area contributed by atoms with Gasteiger partial charge in [-0.3, -0.25) is 0 Å². The van der Waals surface area contributed by atoms with Crippen LogP contribution in [0.2, 0.25) is 0 Å². The van der Waals surface area contributed by atoms with Crippen LogP contribution in [0.5, 0.6) is 0 Å². The summed E-state index contributed by atoms with van der Waals surface area (Å²) in [5.74, 6) is 0. The Morgan fingerprint density at radius 3 is 3.00 bits per heavy atom. The van der Waals surface area contributed by atoms with E-state index in [0.29, 0.717) is 0 Å². The van der Waals surface area contributed by atoms with E-state index < -0.39 is 0 Å². The van der Waals surface area contributed by atoms with Crippen molar-refractivity contribution in [2.45, 2.75) is 6.54 Å². The second kappa shape index (κ2) is 1.90. The van der Waals surface area contributed by atoms with E-state index in [1.807, 2.05) is 29.9 Å². The molecule has 0 fully saturated rings. The number of fused-ring (bicyclic) bond motifs is 1. The molecule has 0 aliphatic carbocycles. The van der Waals surface area contributed by atoms with Crippen molar-refractivity contribution in [3.05, 3.63) is 29.8 Å². The van der Waals surface area contributed by atoms with Crippen molar-refractivity contribution in [2.75, 3.05) is 7.05 Å². The molecule has 1 aliphatic rings. The molecular weight excluding hydrogens is 124 g/mol. The van der Waals surface area contributed by atoms with Gasteiger partial charge >= 0.3 is 0 Å². The zero-order valence-electron chi connectivity index (χ0n) is 5.91. The molecule has 0 unspecified atom stereocenters. The van der Waals surface area contributed by atoms with Crippen molar-refractivity contribution in [3.8, 4) is 0 Å². The summed E-state index contributed by atoms with van der Waals surface area (Å²) in [4.78, 5) is 0. The topological polar surface area (TPSA) is 15.4 Å². The van der Waals surface area contributed by atoms with E-state index in [1.165, 1.54) is 5.56 Å².